The molecule has 0 atom stereocenters. The fourth-order valence-electron chi connectivity index (χ4n) is 1.51. The molecule has 16 heavy (non-hydrogen) atoms. The zero-order chi connectivity index (χ0) is 10.5. The summed E-state index contributed by atoms with van der Waals surface area (Å²) in [5.74, 6) is 1.15. The summed E-state index contributed by atoms with van der Waals surface area (Å²) in [6.45, 7) is 1.92. The highest BCUT2D eigenvalue weighted by Gasteiger charge is 2.00. The number of imidazole rings is 1. The van der Waals surface area contributed by atoms with Crippen LogP contribution in [0.5, 0.6) is 0 Å². The van der Waals surface area contributed by atoms with Gasteiger partial charge in [0.15, 0.2) is 0 Å². The second-order valence-electron chi connectivity index (χ2n) is 3.35. The molecule has 0 aliphatic heterocycles. The Labute approximate surface area is 106 Å². The molecule has 0 saturated carbocycles. The lowest BCUT2D eigenvalue weighted by Crippen LogP contribution is -2.17. The van der Waals surface area contributed by atoms with Gasteiger partial charge in [0.05, 0.1) is 11.9 Å². The van der Waals surface area contributed by atoms with Crippen LogP contribution in [-0.4, -0.2) is 27.9 Å². The van der Waals surface area contributed by atoms with E-state index in [1.165, 1.54) is 5.69 Å². The molecule has 0 spiro atoms. The molecule has 0 aromatic carbocycles. The van der Waals surface area contributed by atoms with E-state index < -0.39 is 0 Å². The number of pyridine rings is 1. The summed E-state index contributed by atoms with van der Waals surface area (Å²) in [4.78, 5) is 4.34. The maximum absolute atomic E-state index is 4.34. The second-order valence-corrected chi connectivity index (χ2v) is 4.33. The summed E-state index contributed by atoms with van der Waals surface area (Å²) in [6.07, 6.45) is 6.10. The van der Waals surface area contributed by atoms with E-state index in [0.717, 1.165) is 24.5 Å². The van der Waals surface area contributed by atoms with Crippen LogP contribution in [0.3, 0.4) is 0 Å². The van der Waals surface area contributed by atoms with Crippen molar-refractivity contribution in [3.05, 3.63) is 36.3 Å². The van der Waals surface area contributed by atoms with Gasteiger partial charge in [0.1, 0.15) is 5.65 Å². The number of nitrogens with one attached hydrogen (secondary N) is 1. The second kappa shape index (κ2) is 6.78. The highest BCUT2D eigenvalue weighted by atomic mass is 35.5. The minimum atomic E-state index is 0. The first-order valence-electron chi connectivity index (χ1n) is 5.02. The maximum atomic E-state index is 4.34. The summed E-state index contributed by atoms with van der Waals surface area (Å²) in [5, 5.41) is 3.40. The molecule has 0 saturated heterocycles. The topological polar surface area (TPSA) is 29.3 Å². The molecule has 0 aliphatic rings. The lowest BCUT2D eigenvalue weighted by Gasteiger charge is -2.03. The first-order valence-corrected chi connectivity index (χ1v) is 6.42. The third-order valence-electron chi connectivity index (χ3n) is 2.28. The lowest BCUT2D eigenvalue weighted by molar-refractivity contribution is 0.710. The number of hydrogen-bond donors (Lipinski definition) is 1. The van der Waals surface area contributed by atoms with E-state index in [2.05, 4.69) is 21.0 Å². The van der Waals surface area contributed by atoms with Gasteiger partial charge in [-0.25, -0.2) is 4.98 Å². The molecule has 5 heteroatoms. The van der Waals surface area contributed by atoms with E-state index in [-0.39, 0.29) is 12.4 Å². The quantitative estimate of drug-likeness (QED) is 0.833. The number of nitrogens with zero attached hydrogens (tertiary/aromatic N) is 2. The van der Waals surface area contributed by atoms with Gasteiger partial charge in [-0.2, -0.15) is 11.8 Å². The average Bonchev–Trinajstić information content (AvgIpc) is 2.68. The van der Waals surface area contributed by atoms with Gasteiger partial charge in [0, 0.05) is 25.0 Å². The van der Waals surface area contributed by atoms with Crippen molar-refractivity contribution in [3.63, 3.8) is 0 Å². The first-order chi connectivity index (χ1) is 7.42. The predicted molar refractivity (Wildman–Crippen MR) is 72.5 cm³/mol. The van der Waals surface area contributed by atoms with Crippen molar-refractivity contribution in [2.24, 2.45) is 0 Å². The van der Waals surface area contributed by atoms with Gasteiger partial charge in [-0.15, -0.1) is 12.4 Å². The molecule has 0 unspecified atom stereocenters. The highest BCUT2D eigenvalue weighted by molar-refractivity contribution is 7.98. The number of aromatic nitrogens is 2. The van der Waals surface area contributed by atoms with Crippen molar-refractivity contribution in [1.29, 1.82) is 0 Å². The van der Waals surface area contributed by atoms with E-state index in [9.17, 15) is 0 Å². The summed E-state index contributed by atoms with van der Waals surface area (Å²) in [7, 11) is 0. The first kappa shape index (κ1) is 13.4. The molecule has 0 bridgehead atoms. The van der Waals surface area contributed by atoms with Gasteiger partial charge in [0.25, 0.3) is 0 Å². The fraction of sp³-hybridized carbons (Fsp3) is 0.364. The number of rotatable bonds is 5. The molecule has 2 aromatic rings. The van der Waals surface area contributed by atoms with Crippen LogP contribution in [-0.2, 0) is 6.54 Å². The van der Waals surface area contributed by atoms with Crippen LogP contribution in [0.4, 0.5) is 0 Å². The number of fused-ring (bicyclic) bond motifs is 1. The summed E-state index contributed by atoms with van der Waals surface area (Å²) in [5.41, 5.74) is 2.23. The van der Waals surface area contributed by atoms with Gasteiger partial charge in [-0.1, -0.05) is 6.07 Å². The number of hydrogen-bond acceptors (Lipinski definition) is 3. The SMILES string of the molecule is CSCCNCc1cnc2ccccn12.Cl. The van der Waals surface area contributed by atoms with Crippen molar-refractivity contribution in [1.82, 2.24) is 14.7 Å². The minimum absolute atomic E-state index is 0. The van der Waals surface area contributed by atoms with E-state index >= 15 is 0 Å². The van der Waals surface area contributed by atoms with Crippen LogP contribution in [0.15, 0.2) is 30.6 Å². The van der Waals surface area contributed by atoms with E-state index in [0.29, 0.717) is 0 Å². The minimum Gasteiger partial charge on any atom is -0.310 e. The Morgan fingerprint density at radius 1 is 1.44 bits per heavy atom. The molecule has 3 nitrogen and oxygen atoms in total. The Hall–Kier alpha value is -0.710. The van der Waals surface area contributed by atoms with Crippen LogP contribution in [0.25, 0.3) is 5.65 Å². The molecular formula is C11H16ClN3S. The van der Waals surface area contributed by atoms with Crippen LogP contribution < -0.4 is 5.32 Å². The largest absolute Gasteiger partial charge is 0.310 e. The Morgan fingerprint density at radius 3 is 3.12 bits per heavy atom. The van der Waals surface area contributed by atoms with Gasteiger partial charge in [-0.05, 0) is 18.4 Å². The fourth-order valence-corrected chi connectivity index (χ4v) is 1.85. The van der Waals surface area contributed by atoms with Crippen molar-refractivity contribution < 1.29 is 0 Å². The van der Waals surface area contributed by atoms with Crippen molar-refractivity contribution in [2.75, 3.05) is 18.6 Å². The molecule has 88 valence electrons. The van der Waals surface area contributed by atoms with E-state index in [1.807, 2.05) is 42.4 Å². The van der Waals surface area contributed by atoms with Crippen LogP contribution in [0, 0.1) is 0 Å². The Balaban J connectivity index is 0.00000128. The molecule has 0 radical (unpaired) electrons. The zero-order valence-corrected chi connectivity index (χ0v) is 10.9. The number of thioether (sulfide) groups is 1. The van der Waals surface area contributed by atoms with Crippen LogP contribution in [0.2, 0.25) is 0 Å². The van der Waals surface area contributed by atoms with Gasteiger partial charge in [0.2, 0.25) is 0 Å². The molecule has 0 amide bonds. The molecule has 1 N–H and O–H groups in total. The third kappa shape index (κ3) is 3.14. The molecule has 0 aliphatic carbocycles. The molecule has 2 rings (SSSR count). The molecule has 2 aromatic heterocycles. The van der Waals surface area contributed by atoms with E-state index in [1.54, 1.807) is 0 Å². The smallest absolute Gasteiger partial charge is 0.136 e. The zero-order valence-electron chi connectivity index (χ0n) is 9.22. The maximum Gasteiger partial charge on any atom is 0.136 e. The van der Waals surface area contributed by atoms with Gasteiger partial charge >= 0.3 is 0 Å². The monoisotopic (exact) mass is 257 g/mol. The van der Waals surface area contributed by atoms with Gasteiger partial charge < -0.3 is 9.72 Å². The highest BCUT2D eigenvalue weighted by Crippen LogP contribution is 2.05. The van der Waals surface area contributed by atoms with E-state index in [4.69, 9.17) is 0 Å². The normalized spacial score (nSPS) is 10.3. The Kier molecular flexibility index (Phi) is 5.66. The van der Waals surface area contributed by atoms with Crippen LogP contribution in [0.1, 0.15) is 5.69 Å². The van der Waals surface area contributed by atoms with Crippen LogP contribution >= 0.6 is 24.2 Å². The third-order valence-corrected chi connectivity index (χ3v) is 2.90. The Morgan fingerprint density at radius 2 is 2.31 bits per heavy atom. The number of halogens is 1. The molecular weight excluding hydrogens is 242 g/mol. The summed E-state index contributed by atoms with van der Waals surface area (Å²) in [6, 6.07) is 6.05. The van der Waals surface area contributed by atoms with Crippen molar-refractivity contribution >= 4 is 29.8 Å². The summed E-state index contributed by atoms with van der Waals surface area (Å²) < 4.78 is 2.12. The molecule has 2 heterocycles. The summed E-state index contributed by atoms with van der Waals surface area (Å²) >= 11 is 1.86. The van der Waals surface area contributed by atoms with Crippen molar-refractivity contribution in [2.45, 2.75) is 6.54 Å². The lowest BCUT2D eigenvalue weighted by atomic mass is 10.4. The average molecular weight is 258 g/mol. The Bertz CT molecular complexity index is 430. The predicted octanol–water partition coefficient (Wildman–Crippen LogP) is 2.21. The standard InChI is InChI=1S/C11H15N3S.ClH/c1-15-7-5-12-8-10-9-13-11-4-2-3-6-14(10)11;/h2-4,6,9,12H,5,7-8H2,1H3;1H. The van der Waals surface area contributed by atoms with Gasteiger partial charge in [-0.3, -0.25) is 0 Å². The molecule has 0 fully saturated rings. The van der Waals surface area contributed by atoms with Crippen molar-refractivity contribution in [3.8, 4) is 0 Å².